The molecule has 4 heterocycles. The van der Waals surface area contributed by atoms with E-state index in [1.165, 1.54) is 0 Å². The molecule has 4 rings (SSSR count). The van der Waals surface area contributed by atoms with Crippen molar-refractivity contribution < 1.29 is 9.53 Å². The Morgan fingerprint density at radius 1 is 1.21 bits per heavy atom. The summed E-state index contributed by atoms with van der Waals surface area (Å²) >= 11 is 0. The number of aromatic nitrogens is 3. The van der Waals surface area contributed by atoms with Crippen molar-refractivity contribution in [3.63, 3.8) is 0 Å². The van der Waals surface area contributed by atoms with Gasteiger partial charge >= 0.3 is 0 Å². The summed E-state index contributed by atoms with van der Waals surface area (Å²) in [6, 6.07) is 5.84. The Morgan fingerprint density at radius 3 is 2.83 bits per heavy atom. The van der Waals surface area contributed by atoms with Crippen LogP contribution in [0.25, 0.3) is 11.4 Å². The van der Waals surface area contributed by atoms with Crippen molar-refractivity contribution in [1.29, 1.82) is 0 Å². The van der Waals surface area contributed by atoms with Crippen LogP contribution in [0, 0.1) is 0 Å². The lowest BCUT2D eigenvalue weighted by atomic mass is 9.93. The first-order chi connectivity index (χ1) is 14.2. The van der Waals surface area contributed by atoms with Crippen molar-refractivity contribution in [1.82, 2.24) is 19.9 Å². The molecule has 0 aliphatic carbocycles. The highest BCUT2D eigenvalue weighted by Crippen LogP contribution is 2.29. The molecule has 29 heavy (non-hydrogen) atoms. The molecule has 0 radical (unpaired) electrons. The van der Waals surface area contributed by atoms with Gasteiger partial charge in [0.1, 0.15) is 5.82 Å². The number of piperidine rings is 1. The third-order valence-electron chi connectivity index (χ3n) is 5.81. The summed E-state index contributed by atoms with van der Waals surface area (Å²) in [4.78, 5) is 28.4. The van der Waals surface area contributed by atoms with E-state index < -0.39 is 0 Å². The number of hydrogen-bond donors (Lipinski definition) is 1. The van der Waals surface area contributed by atoms with E-state index in [2.05, 4.69) is 15.3 Å². The molecule has 2 saturated heterocycles. The molecule has 0 spiro atoms. The summed E-state index contributed by atoms with van der Waals surface area (Å²) in [6.07, 6.45) is 9.37. The van der Waals surface area contributed by atoms with Gasteiger partial charge < -0.3 is 15.0 Å². The van der Waals surface area contributed by atoms with Crippen LogP contribution in [-0.2, 0) is 9.53 Å². The van der Waals surface area contributed by atoms with Gasteiger partial charge in [0.05, 0.1) is 18.2 Å². The molecule has 0 bridgehead atoms. The summed E-state index contributed by atoms with van der Waals surface area (Å²) in [7, 11) is 1.86. The average Bonchev–Trinajstić information content (AvgIpc) is 2.80. The molecule has 154 valence electrons. The van der Waals surface area contributed by atoms with E-state index in [0.717, 1.165) is 62.3 Å². The van der Waals surface area contributed by atoms with Gasteiger partial charge in [-0.3, -0.25) is 9.78 Å². The summed E-state index contributed by atoms with van der Waals surface area (Å²) in [5.74, 6) is 1.91. The number of carbonyl (C=O) groups is 1. The number of rotatable bonds is 5. The minimum atomic E-state index is 0.0878. The molecule has 2 fully saturated rings. The fourth-order valence-electron chi connectivity index (χ4n) is 4.17. The highest BCUT2D eigenvalue weighted by Gasteiger charge is 2.28. The number of pyridine rings is 1. The van der Waals surface area contributed by atoms with Crippen molar-refractivity contribution in [2.24, 2.45) is 0 Å². The van der Waals surface area contributed by atoms with E-state index in [0.29, 0.717) is 18.8 Å². The zero-order valence-corrected chi connectivity index (χ0v) is 17.0. The largest absolute Gasteiger partial charge is 0.378 e. The molecule has 0 saturated carbocycles. The van der Waals surface area contributed by atoms with E-state index in [4.69, 9.17) is 9.72 Å². The average molecular weight is 396 g/mol. The molecule has 2 aliphatic heterocycles. The van der Waals surface area contributed by atoms with Crippen molar-refractivity contribution in [2.75, 3.05) is 32.1 Å². The molecule has 2 unspecified atom stereocenters. The Hall–Kier alpha value is -2.54. The number of amides is 1. The van der Waals surface area contributed by atoms with Gasteiger partial charge in [0, 0.05) is 56.7 Å². The fourth-order valence-corrected chi connectivity index (χ4v) is 4.17. The summed E-state index contributed by atoms with van der Waals surface area (Å²) in [6.45, 7) is 2.32. The van der Waals surface area contributed by atoms with E-state index in [9.17, 15) is 4.79 Å². The maximum absolute atomic E-state index is 12.8. The standard InChI is InChI=1S/C22H29N5O2/c1-23-20-14-19(25-22(26-20)16-7-9-24-10-8-16)17-5-4-11-27(15-17)21(28)13-18-6-2-3-12-29-18/h7-10,14,17-18H,2-6,11-13,15H2,1H3,(H,23,25,26). The third-order valence-corrected chi connectivity index (χ3v) is 5.81. The van der Waals surface area contributed by atoms with Crippen molar-refractivity contribution in [3.8, 4) is 11.4 Å². The number of nitrogens with one attached hydrogen (secondary N) is 1. The van der Waals surface area contributed by atoms with Crippen LogP contribution in [0.3, 0.4) is 0 Å². The van der Waals surface area contributed by atoms with Gasteiger partial charge in [-0.1, -0.05) is 0 Å². The Bertz CT molecular complexity index is 823. The first kappa shape index (κ1) is 19.8. The first-order valence-electron chi connectivity index (χ1n) is 10.6. The second-order valence-electron chi connectivity index (χ2n) is 7.86. The van der Waals surface area contributed by atoms with Gasteiger partial charge in [-0.25, -0.2) is 9.97 Å². The quantitative estimate of drug-likeness (QED) is 0.837. The summed E-state index contributed by atoms with van der Waals surface area (Å²) in [5.41, 5.74) is 1.93. The van der Waals surface area contributed by atoms with E-state index in [1.807, 2.05) is 30.1 Å². The highest BCUT2D eigenvalue weighted by molar-refractivity contribution is 5.77. The second-order valence-corrected chi connectivity index (χ2v) is 7.86. The van der Waals surface area contributed by atoms with Crippen molar-refractivity contribution in [2.45, 2.75) is 50.5 Å². The molecular weight excluding hydrogens is 366 g/mol. The van der Waals surface area contributed by atoms with Crippen LogP contribution in [0.5, 0.6) is 0 Å². The lowest BCUT2D eigenvalue weighted by molar-refractivity contribution is -0.136. The molecule has 1 N–H and O–H groups in total. The van der Waals surface area contributed by atoms with Crippen molar-refractivity contribution in [3.05, 3.63) is 36.3 Å². The molecule has 2 aromatic heterocycles. The Labute approximate surface area is 171 Å². The van der Waals surface area contributed by atoms with Crippen LogP contribution in [0.15, 0.2) is 30.6 Å². The van der Waals surface area contributed by atoms with E-state index >= 15 is 0 Å². The van der Waals surface area contributed by atoms with Crippen LogP contribution in [0.1, 0.15) is 50.1 Å². The van der Waals surface area contributed by atoms with Crippen LogP contribution in [0.2, 0.25) is 0 Å². The van der Waals surface area contributed by atoms with E-state index in [-0.39, 0.29) is 17.9 Å². The summed E-state index contributed by atoms with van der Waals surface area (Å²) < 4.78 is 5.76. The smallest absolute Gasteiger partial charge is 0.225 e. The molecule has 1 amide bonds. The fraction of sp³-hybridized carbons (Fsp3) is 0.545. The molecular formula is C22H29N5O2. The SMILES string of the molecule is CNc1cc(C2CCCN(C(=O)CC3CCCCO3)C2)nc(-c2ccncc2)n1. The lowest BCUT2D eigenvalue weighted by Crippen LogP contribution is -2.41. The Kier molecular flexibility index (Phi) is 6.34. The predicted octanol–water partition coefficient (Wildman–Crippen LogP) is 3.25. The number of hydrogen-bond acceptors (Lipinski definition) is 6. The number of anilines is 1. The van der Waals surface area contributed by atoms with Gasteiger partial charge in [0.25, 0.3) is 0 Å². The number of carbonyl (C=O) groups excluding carboxylic acids is 1. The van der Waals surface area contributed by atoms with Crippen LogP contribution >= 0.6 is 0 Å². The van der Waals surface area contributed by atoms with Crippen LogP contribution in [-0.4, -0.2) is 58.6 Å². The highest BCUT2D eigenvalue weighted by atomic mass is 16.5. The maximum Gasteiger partial charge on any atom is 0.225 e. The number of ether oxygens (including phenoxy) is 1. The topological polar surface area (TPSA) is 80.2 Å². The zero-order chi connectivity index (χ0) is 20.1. The number of nitrogens with zero attached hydrogens (tertiary/aromatic N) is 4. The van der Waals surface area contributed by atoms with Crippen LogP contribution < -0.4 is 5.32 Å². The lowest BCUT2D eigenvalue weighted by Gasteiger charge is -2.34. The Morgan fingerprint density at radius 2 is 2.07 bits per heavy atom. The van der Waals surface area contributed by atoms with Gasteiger partial charge in [-0.15, -0.1) is 0 Å². The van der Waals surface area contributed by atoms with Crippen molar-refractivity contribution >= 4 is 11.7 Å². The first-order valence-corrected chi connectivity index (χ1v) is 10.6. The molecule has 2 aromatic rings. The van der Waals surface area contributed by atoms with Gasteiger partial charge in [0.15, 0.2) is 5.82 Å². The normalized spacial score (nSPS) is 22.3. The van der Waals surface area contributed by atoms with Gasteiger partial charge in [-0.2, -0.15) is 0 Å². The molecule has 2 aliphatic rings. The summed E-state index contributed by atoms with van der Waals surface area (Å²) in [5, 5.41) is 3.14. The van der Waals surface area contributed by atoms with Gasteiger partial charge in [0.2, 0.25) is 5.91 Å². The minimum Gasteiger partial charge on any atom is -0.378 e. The third kappa shape index (κ3) is 4.90. The Balaban J connectivity index is 1.49. The maximum atomic E-state index is 12.8. The predicted molar refractivity (Wildman–Crippen MR) is 112 cm³/mol. The molecule has 7 nitrogen and oxygen atoms in total. The molecule has 7 heteroatoms. The zero-order valence-electron chi connectivity index (χ0n) is 17.0. The number of likely N-dealkylation sites (tertiary alicyclic amines) is 1. The monoisotopic (exact) mass is 395 g/mol. The van der Waals surface area contributed by atoms with Crippen LogP contribution in [0.4, 0.5) is 5.82 Å². The molecule has 0 aromatic carbocycles. The van der Waals surface area contributed by atoms with Gasteiger partial charge in [-0.05, 0) is 44.2 Å². The minimum absolute atomic E-state index is 0.0878. The van der Waals surface area contributed by atoms with E-state index in [1.54, 1.807) is 12.4 Å². The second kappa shape index (κ2) is 9.31. The molecule has 2 atom stereocenters.